The first kappa shape index (κ1) is 23.2. The van der Waals surface area contributed by atoms with Crippen molar-refractivity contribution in [2.24, 2.45) is 5.41 Å². The number of hydrogen-bond donors (Lipinski definition) is 0. The Hall–Kier alpha value is -3.55. The zero-order valence-corrected chi connectivity index (χ0v) is 20.9. The molecule has 1 saturated carbocycles. The SMILES string of the molecule is COCOc1cc(C)c(-c2cccc(COc3ccc4c(c3)CC3(CC3)C4=CC#N)c2C)c(C)c1. The Balaban J connectivity index is 1.37. The minimum atomic E-state index is 0.210. The number of methoxy groups -OCH3 is 1. The number of nitrogens with zero attached hydrogens (tertiary/aromatic N) is 1. The standard InChI is InChI=1S/C31H31NO3/c1-20-14-26(35-19-33-4)15-21(2)30(20)27-7-5-6-23(22(27)3)18-34-25-8-9-28-24(16-25)17-31(11-12-31)29(28)10-13-32/h5-10,14-16H,11-12,17-19H2,1-4H3. The van der Waals surface area contributed by atoms with Crippen LogP contribution in [0.15, 0.2) is 54.6 Å². The molecule has 3 aromatic rings. The first-order chi connectivity index (χ1) is 17.0. The Morgan fingerprint density at radius 3 is 2.40 bits per heavy atom. The Kier molecular flexibility index (Phi) is 6.13. The molecular weight excluding hydrogens is 434 g/mol. The van der Waals surface area contributed by atoms with Gasteiger partial charge in [0.25, 0.3) is 0 Å². The van der Waals surface area contributed by atoms with Gasteiger partial charge in [-0.1, -0.05) is 24.3 Å². The van der Waals surface area contributed by atoms with E-state index >= 15 is 0 Å². The lowest BCUT2D eigenvalue weighted by Gasteiger charge is -2.18. The van der Waals surface area contributed by atoms with Crippen LogP contribution >= 0.6 is 0 Å². The van der Waals surface area contributed by atoms with E-state index in [1.54, 1.807) is 13.2 Å². The summed E-state index contributed by atoms with van der Waals surface area (Å²) in [6.07, 6.45) is 5.12. The number of allylic oxidation sites excluding steroid dienone is 2. The third-order valence-electron chi connectivity index (χ3n) is 7.49. The van der Waals surface area contributed by atoms with Crippen LogP contribution < -0.4 is 9.47 Å². The minimum Gasteiger partial charge on any atom is -0.489 e. The Morgan fingerprint density at radius 2 is 1.71 bits per heavy atom. The van der Waals surface area contributed by atoms with Gasteiger partial charge in [-0.2, -0.15) is 5.26 Å². The van der Waals surface area contributed by atoms with Crippen molar-refractivity contribution < 1.29 is 14.2 Å². The van der Waals surface area contributed by atoms with Crippen molar-refractivity contribution in [3.05, 3.63) is 88.0 Å². The molecule has 0 aromatic heterocycles. The lowest BCUT2D eigenvalue weighted by molar-refractivity contribution is 0.0511. The highest BCUT2D eigenvalue weighted by Crippen LogP contribution is 2.62. The summed E-state index contributed by atoms with van der Waals surface area (Å²) in [6.45, 7) is 7.16. The van der Waals surface area contributed by atoms with Gasteiger partial charge in [0, 0.05) is 18.6 Å². The molecular formula is C31H31NO3. The normalized spacial score (nSPS) is 16.3. The molecule has 2 aliphatic rings. The Morgan fingerprint density at radius 1 is 0.943 bits per heavy atom. The summed E-state index contributed by atoms with van der Waals surface area (Å²) in [7, 11) is 1.63. The van der Waals surface area contributed by atoms with Crippen LogP contribution in [0.1, 0.15) is 46.2 Å². The summed E-state index contributed by atoms with van der Waals surface area (Å²) < 4.78 is 17.0. The molecule has 0 saturated heterocycles. The largest absolute Gasteiger partial charge is 0.489 e. The zero-order valence-electron chi connectivity index (χ0n) is 20.9. The molecule has 0 unspecified atom stereocenters. The molecule has 5 rings (SSSR count). The summed E-state index contributed by atoms with van der Waals surface area (Å²) >= 11 is 0. The molecule has 0 aliphatic heterocycles. The van der Waals surface area contributed by atoms with Crippen LogP contribution in [0.4, 0.5) is 0 Å². The predicted octanol–water partition coefficient (Wildman–Crippen LogP) is 7.08. The van der Waals surface area contributed by atoms with E-state index in [1.807, 2.05) is 6.07 Å². The van der Waals surface area contributed by atoms with Crippen molar-refractivity contribution in [2.45, 2.75) is 46.6 Å². The van der Waals surface area contributed by atoms with Crippen LogP contribution in [0.3, 0.4) is 0 Å². The summed E-state index contributed by atoms with van der Waals surface area (Å²) in [6, 6.07) is 19.1. The number of fused-ring (bicyclic) bond motifs is 1. The van der Waals surface area contributed by atoms with Crippen LogP contribution in [-0.4, -0.2) is 13.9 Å². The highest BCUT2D eigenvalue weighted by atomic mass is 16.7. The fourth-order valence-corrected chi connectivity index (χ4v) is 5.54. The van der Waals surface area contributed by atoms with Crippen molar-refractivity contribution >= 4 is 5.57 Å². The van der Waals surface area contributed by atoms with Gasteiger partial charge in [0.05, 0.1) is 6.07 Å². The minimum absolute atomic E-state index is 0.210. The summed E-state index contributed by atoms with van der Waals surface area (Å²) in [4.78, 5) is 0. The topological polar surface area (TPSA) is 51.5 Å². The van der Waals surface area contributed by atoms with E-state index in [2.05, 4.69) is 69.3 Å². The van der Waals surface area contributed by atoms with Gasteiger partial charge >= 0.3 is 0 Å². The van der Waals surface area contributed by atoms with Gasteiger partial charge in [-0.15, -0.1) is 0 Å². The maximum absolute atomic E-state index is 9.23. The molecule has 0 bridgehead atoms. The Labute approximate surface area is 207 Å². The monoisotopic (exact) mass is 465 g/mol. The lowest BCUT2D eigenvalue weighted by Crippen LogP contribution is -2.02. The molecule has 0 atom stereocenters. The molecule has 0 amide bonds. The van der Waals surface area contributed by atoms with E-state index in [0.717, 1.165) is 17.9 Å². The van der Waals surface area contributed by atoms with Crippen LogP contribution in [0.5, 0.6) is 11.5 Å². The highest BCUT2D eigenvalue weighted by Gasteiger charge is 2.50. The fourth-order valence-electron chi connectivity index (χ4n) is 5.54. The van der Waals surface area contributed by atoms with Crippen LogP contribution in [0, 0.1) is 37.5 Å². The molecule has 4 heteroatoms. The maximum Gasteiger partial charge on any atom is 0.188 e. The Bertz CT molecular complexity index is 1340. The molecule has 35 heavy (non-hydrogen) atoms. The number of hydrogen-bond acceptors (Lipinski definition) is 4. The van der Waals surface area contributed by atoms with E-state index in [0.29, 0.717) is 6.61 Å². The second-order valence-electron chi connectivity index (χ2n) is 9.82. The van der Waals surface area contributed by atoms with Crippen molar-refractivity contribution in [2.75, 3.05) is 13.9 Å². The first-order valence-corrected chi connectivity index (χ1v) is 12.1. The third kappa shape index (κ3) is 4.33. The van der Waals surface area contributed by atoms with Crippen LogP contribution in [0.2, 0.25) is 0 Å². The smallest absolute Gasteiger partial charge is 0.188 e. The van der Waals surface area contributed by atoms with Gasteiger partial charge < -0.3 is 14.2 Å². The van der Waals surface area contributed by atoms with E-state index in [4.69, 9.17) is 14.2 Å². The summed E-state index contributed by atoms with van der Waals surface area (Å²) in [5.74, 6) is 1.70. The maximum atomic E-state index is 9.23. The number of benzene rings is 3. The molecule has 0 radical (unpaired) electrons. The van der Waals surface area contributed by atoms with Gasteiger partial charge in [-0.05, 0) is 114 Å². The second-order valence-corrected chi connectivity index (χ2v) is 9.82. The van der Waals surface area contributed by atoms with Gasteiger partial charge in [-0.25, -0.2) is 0 Å². The van der Waals surface area contributed by atoms with Gasteiger partial charge in [0.2, 0.25) is 0 Å². The van der Waals surface area contributed by atoms with Gasteiger partial charge in [0.1, 0.15) is 18.1 Å². The number of nitriles is 1. The van der Waals surface area contributed by atoms with Crippen molar-refractivity contribution in [1.29, 1.82) is 5.26 Å². The molecule has 0 N–H and O–H groups in total. The lowest BCUT2D eigenvalue weighted by atomic mass is 9.90. The quantitative estimate of drug-likeness (QED) is 0.276. The molecule has 4 nitrogen and oxygen atoms in total. The first-order valence-electron chi connectivity index (χ1n) is 12.1. The van der Waals surface area contributed by atoms with E-state index < -0.39 is 0 Å². The molecule has 3 aromatic carbocycles. The van der Waals surface area contributed by atoms with Crippen LogP contribution in [0.25, 0.3) is 16.7 Å². The molecule has 0 heterocycles. The fraction of sp³-hybridized carbons (Fsp3) is 0.323. The van der Waals surface area contributed by atoms with Gasteiger partial charge in [-0.3, -0.25) is 0 Å². The predicted molar refractivity (Wildman–Crippen MR) is 138 cm³/mol. The molecule has 178 valence electrons. The number of rotatable bonds is 7. The highest BCUT2D eigenvalue weighted by molar-refractivity contribution is 5.81. The average molecular weight is 466 g/mol. The van der Waals surface area contributed by atoms with Crippen molar-refractivity contribution in [3.63, 3.8) is 0 Å². The molecule has 2 aliphatic carbocycles. The number of ether oxygens (including phenoxy) is 3. The molecule has 1 spiro atoms. The van der Waals surface area contributed by atoms with Crippen LogP contribution in [-0.2, 0) is 17.8 Å². The second kappa shape index (κ2) is 9.24. The summed E-state index contributed by atoms with van der Waals surface area (Å²) in [5, 5.41) is 9.23. The van der Waals surface area contributed by atoms with E-state index in [-0.39, 0.29) is 12.2 Å². The number of aryl methyl sites for hydroxylation is 2. The van der Waals surface area contributed by atoms with Crippen molar-refractivity contribution in [1.82, 2.24) is 0 Å². The third-order valence-corrected chi connectivity index (χ3v) is 7.49. The van der Waals surface area contributed by atoms with Crippen molar-refractivity contribution in [3.8, 4) is 28.7 Å². The van der Waals surface area contributed by atoms with E-state index in [1.165, 1.54) is 62.9 Å². The average Bonchev–Trinajstić information content (AvgIpc) is 3.54. The molecule has 1 fully saturated rings. The van der Waals surface area contributed by atoms with E-state index in [9.17, 15) is 5.26 Å². The van der Waals surface area contributed by atoms with Gasteiger partial charge in [0.15, 0.2) is 6.79 Å². The zero-order chi connectivity index (χ0) is 24.6. The summed E-state index contributed by atoms with van der Waals surface area (Å²) in [5.41, 5.74) is 11.1.